The van der Waals surface area contributed by atoms with Crippen LogP contribution in [-0.2, 0) is 0 Å². The Kier molecular flexibility index (Phi) is 5.57. The Bertz CT molecular complexity index is 82.2. The van der Waals surface area contributed by atoms with Crippen LogP contribution in [0.1, 0.15) is 0 Å². The number of hydrogen-bond donors (Lipinski definition) is 3. The Hall–Kier alpha value is -0.805. The second kappa shape index (κ2) is 6.19. The molecular formula is C3H6BN2O2. The molecule has 0 atom stereocenters. The summed E-state index contributed by atoms with van der Waals surface area (Å²) in [6.45, 7) is 0. The quantitative estimate of drug-likeness (QED) is 0.374. The second-order valence-electron chi connectivity index (χ2n) is 0.882. The number of H-pyrrole nitrogens is 1. The van der Waals surface area contributed by atoms with E-state index in [1.54, 1.807) is 12.4 Å². The van der Waals surface area contributed by atoms with Gasteiger partial charge in [0, 0.05) is 12.4 Å². The molecule has 0 saturated carbocycles. The molecule has 1 heterocycles. The standard InChI is InChI=1S/C3H4N2.BH2O2/c1-2-4-5-3-1;2-1-3/h1-3H,(H,4,5);2-3H. The van der Waals surface area contributed by atoms with Gasteiger partial charge in [-0.25, -0.2) is 0 Å². The number of rotatable bonds is 0. The molecule has 1 radical (unpaired) electrons. The highest BCUT2D eigenvalue weighted by molar-refractivity contribution is 6.13. The summed E-state index contributed by atoms with van der Waals surface area (Å²) in [7, 11) is 0. The van der Waals surface area contributed by atoms with Crippen molar-refractivity contribution < 1.29 is 10.0 Å². The van der Waals surface area contributed by atoms with Crippen LogP contribution in [0.2, 0.25) is 0 Å². The molecular weight excluding hydrogens is 107 g/mol. The SMILES string of the molecule is O[B]O.c1cn[nH]c1. The Morgan fingerprint density at radius 2 is 2.12 bits per heavy atom. The molecule has 8 heavy (non-hydrogen) atoms. The Morgan fingerprint density at radius 3 is 2.25 bits per heavy atom. The molecule has 0 aliphatic heterocycles. The van der Waals surface area contributed by atoms with Gasteiger partial charge in [-0.3, -0.25) is 5.10 Å². The highest BCUT2D eigenvalue weighted by Crippen LogP contribution is 1.64. The smallest absolute Gasteiger partial charge is 0.429 e. The number of aromatic amines is 1. The topological polar surface area (TPSA) is 69.1 Å². The first-order valence-corrected chi connectivity index (χ1v) is 1.95. The van der Waals surface area contributed by atoms with Crippen molar-refractivity contribution in [3.8, 4) is 0 Å². The minimum atomic E-state index is 0. The van der Waals surface area contributed by atoms with Gasteiger partial charge < -0.3 is 10.0 Å². The van der Waals surface area contributed by atoms with E-state index >= 15 is 0 Å². The average molecular weight is 113 g/mol. The maximum atomic E-state index is 7.00. The van der Waals surface area contributed by atoms with Crippen molar-refractivity contribution in [1.82, 2.24) is 10.2 Å². The molecule has 43 valence electrons. The normalized spacial score (nSPS) is 6.75. The lowest BCUT2D eigenvalue weighted by atomic mass is 10.5. The first kappa shape index (κ1) is 7.19. The van der Waals surface area contributed by atoms with Crippen molar-refractivity contribution >= 4 is 7.69 Å². The molecule has 1 aromatic heterocycles. The van der Waals surface area contributed by atoms with E-state index in [4.69, 9.17) is 10.0 Å². The molecule has 4 nitrogen and oxygen atoms in total. The molecule has 0 aliphatic carbocycles. The van der Waals surface area contributed by atoms with Crippen LogP contribution >= 0.6 is 0 Å². The van der Waals surface area contributed by atoms with Gasteiger partial charge in [0.05, 0.1) is 0 Å². The van der Waals surface area contributed by atoms with Crippen LogP contribution in [0.3, 0.4) is 0 Å². The lowest BCUT2D eigenvalue weighted by molar-refractivity contribution is 0.448. The van der Waals surface area contributed by atoms with Crippen molar-refractivity contribution in [1.29, 1.82) is 0 Å². The van der Waals surface area contributed by atoms with Crippen molar-refractivity contribution in [3.63, 3.8) is 0 Å². The van der Waals surface area contributed by atoms with Crippen LogP contribution in [0.15, 0.2) is 18.5 Å². The van der Waals surface area contributed by atoms with Crippen molar-refractivity contribution in [2.45, 2.75) is 0 Å². The summed E-state index contributed by atoms with van der Waals surface area (Å²) in [6, 6.07) is 1.83. The maximum Gasteiger partial charge on any atom is 0.482 e. The summed E-state index contributed by atoms with van der Waals surface area (Å²) < 4.78 is 0. The van der Waals surface area contributed by atoms with E-state index in [1.165, 1.54) is 0 Å². The fraction of sp³-hybridized carbons (Fsp3) is 0. The van der Waals surface area contributed by atoms with E-state index < -0.39 is 0 Å². The van der Waals surface area contributed by atoms with E-state index in [0.717, 1.165) is 0 Å². The third-order valence-corrected chi connectivity index (χ3v) is 0.406. The van der Waals surface area contributed by atoms with Crippen LogP contribution in [0, 0.1) is 0 Å². The van der Waals surface area contributed by atoms with Crippen molar-refractivity contribution in [2.24, 2.45) is 0 Å². The molecule has 0 bridgehead atoms. The molecule has 0 aliphatic rings. The molecule has 1 rings (SSSR count). The molecule has 1 aromatic rings. The Morgan fingerprint density at radius 1 is 1.50 bits per heavy atom. The summed E-state index contributed by atoms with van der Waals surface area (Å²) in [4.78, 5) is 0. The second-order valence-corrected chi connectivity index (χ2v) is 0.882. The van der Waals surface area contributed by atoms with E-state index in [-0.39, 0.29) is 7.69 Å². The molecule has 0 amide bonds. The molecule has 0 spiro atoms. The number of nitrogens with one attached hydrogen (secondary N) is 1. The molecule has 3 N–H and O–H groups in total. The van der Waals surface area contributed by atoms with E-state index in [2.05, 4.69) is 10.2 Å². The van der Waals surface area contributed by atoms with E-state index in [1.807, 2.05) is 6.07 Å². The Balaban J connectivity index is 0.000000145. The van der Waals surface area contributed by atoms with Crippen molar-refractivity contribution in [3.05, 3.63) is 18.5 Å². The predicted octanol–water partition coefficient (Wildman–Crippen LogP) is -1.09. The van der Waals surface area contributed by atoms with Crippen LogP contribution in [0.4, 0.5) is 0 Å². The van der Waals surface area contributed by atoms with E-state index in [0.29, 0.717) is 0 Å². The lowest BCUT2D eigenvalue weighted by Crippen LogP contribution is -1.75. The molecule has 5 heteroatoms. The zero-order chi connectivity index (χ0) is 6.24. The summed E-state index contributed by atoms with van der Waals surface area (Å²) >= 11 is 0. The summed E-state index contributed by atoms with van der Waals surface area (Å²) in [5.41, 5.74) is 0. The third-order valence-electron chi connectivity index (χ3n) is 0.406. The summed E-state index contributed by atoms with van der Waals surface area (Å²) in [5.74, 6) is 0. The lowest BCUT2D eigenvalue weighted by Gasteiger charge is -1.49. The summed E-state index contributed by atoms with van der Waals surface area (Å²) in [6.07, 6.45) is 3.46. The van der Waals surface area contributed by atoms with Crippen molar-refractivity contribution in [2.75, 3.05) is 0 Å². The van der Waals surface area contributed by atoms with Crippen LogP contribution < -0.4 is 0 Å². The van der Waals surface area contributed by atoms with Crippen LogP contribution in [-0.4, -0.2) is 27.9 Å². The fourth-order valence-corrected chi connectivity index (χ4v) is 0.215. The molecule has 0 fully saturated rings. The van der Waals surface area contributed by atoms with Gasteiger partial charge in [0.2, 0.25) is 0 Å². The molecule has 0 saturated heterocycles. The maximum absolute atomic E-state index is 7.00. The third kappa shape index (κ3) is 5.19. The van der Waals surface area contributed by atoms with Gasteiger partial charge in [-0.05, 0) is 6.07 Å². The fourth-order valence-electron chi connectivity index (χ4n) is 0.215. The predicted molar refractivity (Wildman–Crippen MR) is 28.8 cm³/mol. The zero-order valence-electron chi connectivity index (χ0n) is 4.15. The highest BCUT2D eigenvalue weighted by atomic mass is 16.4. The Labute approximate surface area is 47.5 Å². The zero-order valence-corrected chi connectivity index (χ0v) is 4.15. The molecule has 0 aromatic carbocycles. The largest absolute Gasteiger partial charge is 0.482 e. The van der Waals surface area contributed by atoms with Crippen LogP contribution in [0.5, 0.6) is 0 Å². The van der Waals surface area contributed by atoms with Gasteiger partial charge in [0.15, 0.2) is 0 Å². The average Bonchev–Trinajstić information content (AvgIpc) is 2.17. The first-order valence-electron chi connectivity index (χ1n) is 1.95. The van der Waals surface area contributed by atoms with Gasteiger partial charge in [-0.15, -0.1) is 0 Å². The van der Waals surface area contributed by atoms with Gasteiger partial charge in [0.1, 0.15) is 0 Å². The van der Waals surface area contributed by atoms with Gasteiger partial charge in [0.25, 0.3) is 0 Å². The van der Waals surface area contributed by atoms with E-state index in [9.17, 15) is 0 Å². The number of aromatic nitrogens is 2. The highest BCUT2D eigenvalue weighted by Gasteiger charge is 1.56. The van der Waals surface area contributed by atoms with Crippen LogP contribution in [0.25, 0.3) is 0 Å². The van der Waals surface area contributed by atoms with Gasteiger partial charge >= 0.3 is 7.69 Å². The monoisotopic (exact) mass is 113 g/mol. The number of hydrogen-bond acceptors (Lipinski definition) is 3. The minimum absolute atomic E-state index is 0. The first-order chi connectivity index (χ1) is 3.91. The minimum Gasteiger partial charge on any atom is -0.429 e. The number of nitrogens with zero attached hydrogens (tertiary/aromatic N) is 1. The van der Waals surface area contributed by atoms with Gasteiger partial charge in [-0.2, -0.15) is 5.10 Å². The van der Waals surface area contributed by atoms with Gasteiger partial charge in [-0.1, -0.05) is 0 Å². The summed E-state index contributed by atoms with van der Waals surface area (Å²) in [5, 5.41) is 20.2. The molecule has 0 unspecified atom stereocenters.